The van der Waals surface area contributed by atoms with Crippen molar-refractivity contribution in [2.45, 2.75) is 13.8 Å². The maximum Gasteiger partial charge on any atom is 0.330 e. The first kappa shape index (κ1) is 19.7. The molecule has 0 fully saturated rings. The largest absolute Gasteiger partial charge is 0.478 e. The molecule has 0 aliphatic carbocycles. The number of carboxylic acid groups (broad SMARTS) is 2. The molecule has 112 valence electrons. The van der Waals surface area contributed by atoms with Gasteiger partial charge in [-0.05, 0) is 13.8 Å². The third-order valence-electron chi connectivity index (χ3n) is 1.30. The van der Waals surface area contributed by atoms with Crippen LogP contribution in [0.15, 0.2) is 24.3 Å². The highest BCUT2D eigenvalue weighted by Gasteiger charge is 1.94. The minimum atomic E-state index is -1.16. The Morgan fingerprint density at radius 3 is 1.25 bits per heavy atom. The van der Waals surface area contributed by atoms with Crippen molar-refractivity contribution < 1.29 is 38.9 Å². The topological polar surface area (TPSA) is 127 Å². The van der Waals surface area contributed by atoms with E-state index in [1.54, 1.807) is 13.8 Å². The maximum absolute atomic E-state index is 10.4. The smallest absolute Gasteiger partial charge is 0.330 e. The Balaban J connectivity index is 0. The zero-order valence-electron chi connectivity index (χ0n) is 11.1. The monoisotopic (exact) mass is 288 g/mol. The average Bonchev–Trinajstić information content (AvgIpc) is 2.35. The summed E-state index contributed by atoms with van der Waals surface area (Å²) in [4.78, 5) is 40.4. The van der Waals surface area contributed by atoms with Crippen molar-refractivity contribution in [2.24, 2.45) is 0 Å². The van der Waals surface area contributed by atoms with Crippen molar-refractivity contribution in [2.75, 3.05) is 13.2 Å². The van der Waals surface area contributed by atoms with Crippen molar-refractivity contribution in [3.63, 3.8) is 0 Å². The van der Waals surface area contributed by atoms with Crippen molar-refractivity contribution in [3.8, 4) is 0 Å². The molecule has 0 aliphatic rings. The van der Waals surface area contributed by atoms with Crippen LogP contribution < -0.4 is 0 Å². The number of rotatable bonds is 6. The lowest BCUT2D eigenvalue weighted by Crippen LogP contribution is -2.00. The molecular formula is C12H16O8. The molecule has 0 aliphatic heterocycles. The van der Waals surface area contributed by atoms with Crippen LogP contribution in [-0.4, -0.2) is 47.3 Å². The van der Waals surface area contributed by atoms with Gasteiger partial charge in [0.25, 0.3) is 0 Å². The first-order valence-electron chi connectivity index (χ1n) is 5.48. The van der Waals surface area contributed by atoms with E-state index < -0.39 is 23.9 Å². The summed E-state index contributed by atoms with van der Waals surface area (Å²) in [6, 6.07) is 0. The highest BCUT2D eigenvalue weighted by molar-refractivity contribution is 5.91. The van der Waals surface area contributed by atoms with Gasteiger partial charge in [-0.25, -0.2) is 19.2 Å². The summed E-state index contributed by atoms with van der Waals surface area (Å²) in [5, 5.41) is 16.1. The SMILES string of the molecule is CCOC(=O)/C=C/C(=O)O.CCOC(=O)/C=C/C(=O)O. The summed E-state index contributed by atoms with van der Waals surface area (Å²) in [5.74, 6) is -3.59. The number of hydrogen-bond donors (Lipinski definition) is 2. The van der Waals surface area contributed by atoms with E-state index in [4.69, 9.17) is 10.2 Å². The zero-order valence-corrected chi connectivity index (χ0v) is 11.1. The van der Waals surface area contributed by atoms with Gasteiger partial charge in [0.15, 0.2) is 0 Å². The molecule has 0 heterocycles. The fourth-order valence-corrected chi connectivity index (χ4v) is 0.659. The fourth-order valence-electron chi connectivity index (χ4n) is 0.659. The van der Waals surface area contributed by atoms with E-state index in [0.717, 1.165) is 24.3 Å². The molecule has 0 unspecified atom stereocenters. The van der Waals surface area contributed by atoms with E-state index in [-0.39, 0.29) is 13.2 Å². The highest BCUT2D eigenvalue weighted by atomic mass is 16.5. The van der Waals surface area contributed by atoms with E-state index in [1.807, 2.05) is 0 Å². The number of ether oxygens (including phenoxy) is 2. The molecule has 0 aromatic rings. The molecule has 0 spiro atoms. The predicted molar refractivity (Wildman–Crippen MR) is 66.8 cm³/mol. The van der Waals surface area contributed by atoms with Crippen molar-refractivity contribution in [3.05, 3.63) is 24.3 Å². The third kappa shape index (κ3) is 17.7. The van der Waals surface area contributed by atoms with Crippen LogP contribution in [0, 0.1) is 0 Å². The summed E-state index contributed by atoms with van der Waals surface area (Å²) >= 11 is 0. The minimum absolute atomic E-state index is 0.253. The van der Waals surface area contributed by atoms with Gasteiger partial charge in [0.05, 0.1) is 13.2 Å². The Morgan fingerprint density at radius 1 is 0.750 bits per heavy atom. The molecule has 0 aromatic heterocycles. The molecule has 20 heavy (non-hydrogen) atoms. The number of carboxylic acids is 2. The van der Waals surface area contributed by atoms with Gasteiger partial charge < -0.3 is 19.7 Å². The van der Waals surface area contributed by atoms with Gasteiger partial charge in [0, 0.05) is 24.3 Å². The lowest BCUT2D eigenvalue weighted by atomic mass is 10.5. The summed E-state index contributed by atoms with van der Waals surface area (Å²) < 4.78 is 8.81. The molecule has 0 saturated carbocycles. The number of carbonyl (C=O) groups excluding carboxylic acids is 2. The van der Waals surface area contributed by atoms with Crippen molar-refractivity contribution in [1.29, 1.82) is 0 Å². The Labute approximate surface area is 115 Å². The van der Waals surface area contributed by atoms with E-state index in [9.17, 15) is 19.2 Å². The number of carbonyl (C=O) groups is 4. The quantitative estimate of drug-likeness (QED) is 0.530. The van der Waals surface area contributed by atoms with E-state index in [1.165, 1.54) is 0 Å². The molecular weight excluding hydrogens is 272 g/mol. The first-order valence-corrected chi connectivity index (χ1v) is 5.48. The van der Waals surface area contributed by atoms with E-state index in [0.29, 0.717) is 0 Å². The highest BCUT2D eigenvalue weighted by Crippen LogP contribution is 1.80. The van der Waals surface area contributed by atoms with Crippen LogP contribution in [0.25, 0.3) is 0 Å². The fraction of sp³-hybridized carbons (Fsp3) is 0.333. The molecule has 0 aromatic carbocycles. The van der Waals surface area contributed by atoms with Crippen LogP contribution in [0.1, 0.15) is 13.8 Å². The summed E-state index contributed by atoms with van der Waals surface area (Å²) in [6.45, 7) is 3.80. The van der Waals surface area contributed by atoms with Gasteiger partial charge in [-0.3, -0.25) is 0 Å². The lowest BCUT2D eigenvalue weighted by Gasteiger charge is -1.92. The number of hydrogen-bond acceptors (Lipinski definition) is 6. The minimum Gasteiger partial charge on any atom is -0.478 e. The van der Waals surface area contributed by atoms with Crippen LogP contribution in [0.2, 0.25) is 0 Å². The molecule has 8 nitrogen and oxygen atoms in total. The molecule has 0 atom stereocenters. The second-order valence-electron chi connectivity index (χ2n) is 2.85. The first-order chi connectivity index (χ1) is 9.33. The predicted octanol–water partition coefficient (Wildman–Crippen LogP) is 0.381. The Hall–Kier alpha value is -2.64. The zero-order chi connectivity index (χ0) is 16.0. The van der Waals surface area contributed by atoms with Gasteiger partial charge in [-0.2, -0.15) is 0 Å². The van der Waals surface area contributed by atoms with E-state index in [2.05, 4.69) is 9.47 Å². The molecule has 0 bridgehead atoms. The van der Waals surface area contributed by atoms with Gasteiger partial charge in [-0.1, -0.05) is 0 Å². The lowest BCUT2D eigenvalue weighted by molar-refractivity contribution is -0.138. The standard InChI is InChI=1S/2C6H8O4/c2*1-2-10-6(9)4-3-5(7)8/h2*3-4H,2H2,1H3,(H,7,8)/b2*4-3+. The van der Waals surface area contributed by atoms with Crippen LogP contribution in [0.4, 0.5) is 0 Å². The van der Waals surface area contributed by atoms with Gasteiger partial charge in [-0.15, -0.1) is 0 Å². The van der Waals surface area contributed by atoms with E-state index >= 15 is 0 Å². The second kappa shape index (κ2) is 12.8. The number of aliphatic carboxylic acids is 2. The number of esters is 2. The van der Waals surface area contributed by atoms with Crippen LogP contribution in [-0.2, 0) is 28.7 Å². The van der Waals surface area contributed by atoms with Crippen LogP contribution >= 0.6 is 0 Å². The average molecular weight is 288 g/mol. The third-order valence-corrected chi connectivity index (χ3v) is 1.30. The molecule has 0 amide bonds. The molecule has 0 radical (unpaired) electrons. The molecule has 0 rings (SSSR count). The Kier molecular flexibility index (Phi) is 12.6. The van der Waals surface area contributed by atoms with Crippen LogP contribution in [0.3, 0.4) is 0 Å². The summed E-state index contributed by atoms with van der Waals surface area (Å²) in [6.07, 6.45) is 3.20. The van der Waals surface area contributed by atoms with Crippen molar-refractivity contribution in [1.82, 2.24) is 0 Å². The summed E-state index contributed by atoms with van der Waals surface area (Å²) in [7, 11) is 0. The summed E-state index contributed by atoms with van der Waals surface area (Å²) in [5.41, 5.74) is 0. The second-order valence-corrected chi connectivity index (χ2v) is 2.85. The van der Waals surface area contributed by atoms with Gasteiger partial charge >= 0.3 is 23.9 Å². The molecule has 8 heteroatoms. The normalized spacial score (nSPS) is 9.70. The Bertz CT molecular complexity index is 356. The molecule has 0 saturated heterocycles. The van der Waals surface area contributed by atoms with Gasteiger partial charge in [0.2, 0.25) is 0 Å². The Morgan fingerprint density at radius 2 is 1.05 bits per heavy atom. The maximum atomic E-state index is 10.4. The van der Waals surface area contributed by atoms with Crippen molar-refractivity contribution >= 4 is 23.9 Å². The van der Waals surface area contributed by atoms with Gasteiger partial charge in [0.1, 0.15) is 0 Å². The molecule has 2 N–H and O–H groups in total. The van der Waals surface area contributed by atoms with Crippen LogP contribution in [0.5, 0.6) is 0 Å².